The highest BCUT2D eigenvalue weighted by Crippen LogP contribution is 2.33. The van der Waals surface area contributed by atoms with Crippen LogP contribution in [0.2, 0.25) is 0 Å². The first-order valence-electron chi connectivity index (χ1n) is 8.75. The van der Waals surface area contributed by atoms with E-state index in [0.717, 1.165) is 33.4 Å². The second-order valence-electron chi connectivity index (χ2n) is 6.51. The molecule has 2 aromatic carbocycles. The van der Waals surface area contributed by atoms with Gasteiger partial charge in [0.15, 0.2) is 0 Å². The Morgan fingerprint density at radius 3 is 2.68 bits per heavy atom. The Morgan fingerprint density at radius 2 is 1.93 bits per heavy atom. The maximum atomic E-state index is 12.6. The van der Waals surface area contributed by atoms with Crippen molar-refractivity contribution in [3.8, 4) is 5.75 Å². The van der Waals surface area contributed by atoms with Gasteiger partial charge in [-0.05, 0) is 54.9 Å². The zero-order valence-electron chi connectivity index (χ0n) is 15.6. The number of para-hydroxylation sites is 2. The Kier molecular flexibility index (Phi) is 5.84. The van der Waals surface area contributed by atoms with Gasteiger partial charge in [0.05, 0.1) is 10.6 Å². The molecule has 1 heterocycles. The summed E-state index contributed by atoms with van der Waals surface area (Å²) in [6.07, 6.45) is 1.67. The molecule has 0 unspecified atom stereocenters. The number of hydrogen-bond acceptors (Lipinski definition) is 5. The van der Waals surface area contributed by atoms with Crippen LogP contribution in [-0.4, -0.2) is 33.6 Å². The van der Waals surface area contributed by atoms with E-state index in [1.165, 1.54) is 6.07 Å². The quantitative estimate of drug-likeness (QED) is 0.588. The average molecular weight is 396 g/mol. The minimum Gasteiger partial charge on any atom is -0.506 e. The largest absolute Gasteiger partial charge is 0.506 e. The van der Waals surface area contributed by atoms with Crippen molar-refractivity contribution in [2.24, 2.45) is 0 Å². The van der Waals surface area contributed by atoms with E-state index in [1.54, 1.807) is 24.3 Å². The predicted octanol–water partition coefficient (Wildman–Crippen LogP) is 4.07. The van der Waals surface area contributed by atoms with E-state index in [-0.39, 0.29) is 30.3 Å². The van der Waals surface area contributed by atoms with Crippen LogP contribution in [0.3, 0.4) is 0 Å². The number of thioether (sulfide) groups is 1. The summed E-state index contributed by atoms with van der Waals surface area (Å²) in [7, 11) is 0. The second-order valence-corrected chi connectivity index (χ2v) is 7.50. The number of rotatable bonds is 5. The number of benzene rings is 2. The average Bonchev–Trinajstić information content (AvgIpc) is 2.91. The van der Waals surface area contributed by atoms with Crippen LogP contribution in [0.1, 0.15) is 23.1 Å². The van der Waals surface area contributed by atoms with Gasteiger partial charge in [-0.25, -0.2) is 0 Å². The highest BCUT2D eigenvalue weighted by atomic mass is 32.2. The monoisotopic (exact) mass is 396 g/mol. The van der Waals surface area contributed by atoms with Crippen molar-refractivity contribution in [3.63, 3.8) is 0 Å². The van der Waals surface area contributed by atoms with Gasteiger partial charge in [-0.2, -0.15) is 0 Å². The number of aromatic hydroxyl groups is 1. The van der Waals surface area contributed by atoms with Gasteiger partial charge >= 0.3 is 0 Å². The summed E-state index contributed by atoms with van der Waals surface area (Å²) in [6.45, 7) is 3.89. The van der Waals surface area contributed by atoms with Crippen molar-refractivity contribution >= 4 is 40.6 Å². The third-order valence-electron chi connectivity index (χ3n) is 4.34. The highest BCUT2D eigenvalue weighted by molar-refractivity contribution is 8.18. The zero-order chi connectivity index (χ0) is 20.3. The van der Waals surface area contributed by atoms with Crippen LogP contribution in [-0.2, 0) is 9.59 Å². The fraction of sp³-hybridized carbons (Fsp3) is 0.190. The van der Waals surface area contributed by atoms with Crippen LogP contribution in [0, 0.1) is 13.8 Å². The molecule has 6 nitrogen and oxygen atoms in total. The number of phenolic OH excluding ortho intramolecular Hbond substituents is 1. The molecule has 2 aromatic rings. The SMILES string of the molecule is Cc1ccc(C)c(/C=C2\SC(=O)N(CCC(=O)Nc3ccccc3O)C2=O)c1. The molecule has 0 aliphatic carbocycles. The lowest BCUT2D eigenvalue weighted by Gasteiger charge is -2.12. The smallest absolute Gasteiger partial charge is 0.293 e. The molecule has 0 saturated carbocycles. The number of hydrogen-bond donors (Lipinski definition) is 2. The molecular weight excluding hydrogens is 376 g/mol. The normalized spacial score (nSPS) is 15.4. The van der Waals surface area contributed by atoms with E-state index in [4.69, 9.17) is 0 Å². The van der Waals surface area contributed by atoms with Gasteiger partial charge in [0.2, 0.25) is 5.91 Å². The summed E-state index contributed by atoms with van der Waals surface area (Å²) in [5.41, 5.74) is 3.26. The first-order chi connectivity index (χ1) is 13.3. The molecular formula is C21H20N2O4S. The summed E-state index contributed by atoms with van der Waals surface area (Å²) in [4.78, 5) is 38.3. The molecule has 1 aliphatic heterocycles. The van der Waals surface area contributed by atoms with Gasteiger partial charge in [0.25, 0.3) is 11.1 Å². The summed E-state index contributed by atoms with van der Waals surface area (Å²) in [6, 6.07) is 12.3. The fourth-order valence-electron chi connectivity index (χ4n) is 2.75. The Labute approximate surface area is 167 Å². The number of nitrogens with zero attached hydrogens (tertiary/aromatic N) is 1. The Morgan fingerprint density at radius 1 is 1.18 bits per heavy atom. The van der Waals surface area contributed by atoms with Crippen LogP contribution in [0.25, 0.3) is 6.08 Å². The van der Waals surface area contributed by atoms with Crippen molar-refractivity contribution in [2.75, 3.05) is 11.9 Å². The number of aryl methyl sites for hydroxylation is 2. The van der Waals surface area contributed by atoms with E-state index < -0.39 is 11.1 Å². The summed E-state index contributed by atoms with van der Waals surface area (Å²) < 4.78 is 0. The lowest BCUT2D eigenvalue weighted by atomic mass is 10.1. The van der Waals surface area contributed by atoms with Gasteiger partial charge < -0.3 is 10.4 Å². The van der Waals surface area contributed by atoms with Gasteiger partial charge in [0.1, 0.15) is 5.75 Å². The van der Waals surface area contributed by atoms with Crippen molar-refractivity contribution in [1.82, 2.24) is 4.90 Å². The maximum Gasteiger partial charge on any atom is 0.293 e. The molecule has 0 aromatic heterocycles. The van der Waals surface area contributed by atoms with Gasteiger partial charge in [0, 0.05) is 13.0 Å². The standard InChI is InChI=1S/C21H20N2O4S/c1-13-7-8-14(2)15(11-13)12-18-20(26)23(21(27)28-18)10-9-19(25)22-16-5-3-4-6-17(16)24/h3-8,11-12,24H,9-10H2,1-2H3,(H,22,25)/b18-12-. The van der Waals surface area contributed by atoms with Gasteiger partial charge in [-0.15, -0.1) is 0 Å². The van der Waals surface area contributed by atoms with Crippen LogP contribution in [0.15, 0.2) is 47.4 Å². The maximum absolute atomic E-state index is 12.6. The lowest BCUT2D eigenvalue weighted by molar-refractivity contribution is -0.123. The molecule has 144 valence electrons. The predicted molar refractivity (Wildman–Crippen MR) is 110 cm³/mol. The fourth-order valence-corrected chi connectivity index (χ4v) is 3.61. The molecule has 28 heavy (non-hydrogen) atoms. The second kappa shape index (κ2) is 8.31. The van der Waals surface area contributed by atoms with Crippen LogP contribution in [0.5, 0.6) is 5.75 Å². The van der Waals surface area contributed by atoms with Crippen LogP contribution in [0.4, 0.5) is 10.5 Å². The minimum atomic E-state index is -0.397. The minimum absolute atomic E-state index is 0.0196. The van der Waals surface area contributed by atoms with E-state index in [1.807, 2.05) is 32.0 Å². The number of imide groups is 1. The molecule has 1 aliphatic rings. The number of phenols is 1. The van der Waals surface area contributed by atoms with E-state index in [0.29, 0.717) is 4.91 Å². The van der Waals surface area contributed by atoms with Gasteiger partial charge in [-0.1, -0.05) is 35.9 Å². The zero-order valence-corrected chi connectivity index (χ0v) is 16.4. The molecule has 0 atom stereocenters. The number of nitrogens with one attached hydrogen (secondary N) is 1. The first kappa shape index (κ1) is 19.7. The lowest BCUT2D eigenvalue weighted by Crippen LogP contribution is -2.31. The van der Waals surface area contributed by atoms with E-state index >= 15 is 0 Å². The Balaban J connectivity index is 1.65. The molecule has 1 saturated heterocycles. The van der Waals surface area contributed by atoms with Crippen molar-refractivity contribution in [1.29, 1.82) is 0 Å². The summed E-state index contributed by atoms with van der Waals surface area (Å²) in [5.74, 6) is -0.830. The first-order valence-corrected chi connectivity index (χ1v) is 9.57. The number of anilines is 1. The molecule has 3 amide bonds. The Bertz CT molecular complexity index is 984. The summed E-state index contributed by atoms with van der Waals surface area (Å²) in [5, 5.41) is 11.9. The van der Waals surface area contributed by atoms with E-state index in [2.05, 4.69) is 5.32 Å². The number of carbonyl (C=O) groups is 3. The topological polar surface area (TPSA) is 86.7 Å². The van der Waals surface area contributed by atoms with Crippen LogP contribution >= 0.6 is 11.8 Å². The number of amides is 3. The molecule has 7 heteroatoms. The molecule has 0 bridgehead atoms. The molecule has 2 N–H and O–H groups in total. The molecule has 3 rings (SSSR count). The third-order valence-corrected chi connectivity index (χ3v) is 5.24. The molecule has 1 fully saturated rings. The third kappa shape index (κ3) is 4.43. The molecule has 0 radical (unpaired) electrons. The van der Waals surface area contributed by atoms with Crippen molar-refractivity contribution < 1.29 is 19.5 Å². The Hall–Kier alpha value is -3.06. The van der Waals surface area contributed by atoms with Crippen LogP contribution < -0.4 is 5.32 Å². The van der Waals surface area contributed by atoms with E-state index in [9.17, 15) is 19.5 Å². The highest BCUT2D eigenvalue weighted by Gasteiger charge is 2.35. The molecule has 0 spiro atoms. The van der Waals surface area contributed by atoms with Gasteiger partial charge in [-0.3, -0.25) is 19.3 Å². The number of carbonyl (C=O) groups excluding carboxylic acids is 3. The van der Waals surface area contributed by atoms with Crippen molar-refractivity contribution in [3.05, 3.63) is 64.1 Å². The van der Waals surface area contributed by atoms with Crippen molar-refractivity contribution in [2.45, 2.75) is 20.3 Å². The summed E-state index contributed by atoms with van der Waals surface area (Å²) >= 11 is 0.876.